The molecule has 0 bridgehead atoms. The Hall–Kier alpha value is -2.30. The van der Waals surface area contributed by atoms with Crippen LogP contribution in [0.1, 0.15) is 12.5 Å². The van der Waals surface area contributed by atoms with Crippen LogP contribution < -0.4 is 10.6 Å². The van der Waals surface area contributed by atoms with E-state index in [1.165, 1.54) is 5.56 Å². The first-order valence-electron chi connectivity index (χ1n) is 6.27. The summed E-state index contributed by atoms with van der Waals surface area (Å²) in [5.74, 6) is 0.711. The summed E-state index contributed by atoms with van der Waals surface area (Å²) in [6, 6.07) is 6.13. The molecule has 0 spiro atoms. The van der Waals surface area contributed by atoms with E-state index in [9.17, 15) is 4.79 Å². The van der Waals surface area contributed by atoms with Crippen LogP contribution in [-0.2, 0) is 18.3 Å². The summed E-state index contributed by atoms with van der Waals surface area (Å²) in [4.78, 5) is 13.4. The molecule has 0 unspecified atom stereocenters. The second kappa shape index (κ2) is 4.12. The summed E-state index contributed by atoms with van der Waals surface area (Å²) in [6.45, 7) is 2.36. The van der Waals surface area contributed by atoms with Gasteiger partial charge in [-0.05, 0) is 23.6 Å². The van der Waals surface area contributed by atoms with Gasteiger partial charge >= 0.3 is 0 Å². The zero-order valence-electron chi connectivity index (χ0n) is 11.1. The molecule has 0 saturated heterocycles. The maximum Gasteiger partial charge on any atom is 0.223 e. The monoisotopic (exact) mass is 256 g/mol. The number of amides is 1. The zero-order chi connectivity index (χ0) is 13.6. The quantitative estimate of drug-likeness (QED) is 0.842. The molecule has 2 heterocycles. The van der Waals surface area contributed by atoms with Crippen LogP contribution in [0.4, 0.5) is 11.5 Å². The lowest BCUT2D eigenvalue weighted by Crippen LogP contribution is -2.25. The number of hydrogen-bond acceptors (Lipinski definition) is 3. The number of nitrogens with two attached hydrogens (primary N) is 1. The molecular formula is C14H16N4O. The molecule has 0 radical (unpaired) electrons. The Morgan fingerprint density at radius 1 is 1.42 bits per heavy atom. The van der Waals surface area contributed by atoms with E-state index in [2.05, 4.69) is 11.2 Å². The highest BCUT2D eigenvalue weighted by molar-refractivity contribution is 5.95. The van der Waals surface area contributed by atoms with E-state index in [1.807, 2.05) is 24.1 Å². The summed E-state index contributed by atoms with van der Waals surface area (Å²) in [7, 11) is 1.81. The highest BCUT2D eigenvalue weighted by Crippen LogP contribution is 2.34. The Balaban J connectivity index is 2.09. The maximum atomic E-state index is 11.6. The van der Waals surface area contributed by atoms with Crippen LogP contribution in [0.3, 0.4) is 0 Å². The van der Waals surface area contributed by atoms with Gasteiger partial charge in [0, 0.05) is 31.8 Å². The van der Waals surface area contributed by atoms with E-state index in [0.717, 1.165) is 29.8 Å². The fourth-order valence-electron chi connectivity index (χ4n) is 2.54. The molecule has 1 aliphatic rings. The number of hydrogen-bond donors (Lipinski definition) is 1. The Bertz CT molecular complexity index is 659. The fourth-order valence-corrected chi connectivity index (χ4v) is 2.54. The molecule has 5 heteroatoms. The second-order valence-corrected chi connectivity index (χ2v) is 4.83. The van der Waals surface area contributed by atoms with Crippen LogP contribution in [0.5, 0.6) is 0 Å². The molecule has 98 valence electrons. The molecule has 2 aromatic rings. The molecule has 3 rings (SSSR count). The van der Waals surface area contributed by atoms with E-state index in [4.69, 9.17) is 5.73 Å². The fraction of sp³-hybridized carbons (Fsp3) is 0.286. The largest absolute Gasteiger partial charge is 0.383 e. The summed E-state index contributed by atoms with van der Waals surface area (Å²) in [6.07, 6.45) is 2.67. The van der Waals surface area contributed by atoms with Crippen LogP contribution >= 0.6 is 0 Å². The van der Waals surface area contributed by atoms with E-state index < -0.39 is 0 Å². The second-order valence-electron chi connectivity index (χ2n) is 4.83. The smallest absolute Gasteiger partial charge is 0.223 e. The predicted octanol–water partition coefficient (Wildman–Crippen LogP) is 1.58. The predicted molar refractivity (Wildman–Crippen MR) is 74.8 cm³/mol. The first-order chi connectivity index (χ1) is 9.08. The minimum atomic E-state index is 0.0788. The number of nitrogens with zero attached hydrogens (tertiary/aromatic N) is 3. The van der Waals surface area contributed by atoms with Crippen molar-refractivity contribution in [3.8, 4) is 11.1 Å². The summed E-state index contributed by atoms with van der Waals surface area (Å²) < 4.78 is 1.64. The molecule has 19 heavy (non-hydrogen) atoms. The SMILES string of the molecule is CC(=O)N1CCc2ccc(-c3cnn(C)c3N)cc21. The Morgan fingerprint density at radius 2 is 2.21 bits per heavy atom. The van der Waals surface area contributed by atoms with Gasteiger partial charge in [0.1, 0.15) is 5.82 Å². The standard InChI is InChI=1S/C14H16N4O/c1-9(19)18-6-5-10-3-4-11(7-13(10)18)12-8-16-17(2)14(12)15/h3-4,7-8H,5-6,15H2,1-2H3. The van der Waals surface area contributed by atoms with Crippen molar-refractivity contribution < 1.29 is 4.79 Å². The van der Waals surface area contributed by atoms with Crippen molar-refractivity contribution in [1.82, 2.24) is 9.78 Å². The molecule has 0 aliphatic carbocycles. The van der Waals surface area contributed by atoms with Gasteiger partial charge in [0.2, 0.25) is 5.91 Å². The molecule has 5 nitrogen and oxygen atoms in total. The van der Waals surface area contributed by atoms with Crippen molar-refractivity contribution in [3.63, 3.8) is 0 Å². The van der Waals surface area contributed by atoms with E-state index in [0.29, 0.717) is 5.82 Å². The Kier molecular flexibility index (Phi) is 2.55. The van der Waals surface area contributed by atoms with Gasteiger partial charge in [-0.15, -0.1) is 0 Å². The van der Waals surface area contributed by atoms with Gasteiger partial charge in [0.15, 0.2) is 0 Å². The van der Waals surface area contributed by atoms with E-state index in [1.54, 1.807) is 17.8 Å². The lowest BCUT2D eigenvalue weighted by atomic mass is 10.0. The van der Waals surface area contributed by atoms with Crippen molar-refractivity contribution >= 4 is 17.4 Å². The first-order valence-corrected chi connectivity index (χ1v) is 6.27. The zero-order valence-corrected chi connectivity index (χ0v) is 11.1. The Labute approximate surface area is 111 Å². The van der Waals surface area contributed by atoms with Crippen molar-refractivity contribution in [2.24, 2.45) is 7.05 Å². The van der Waals surface area contributed by atoms with Crippen molar-refractivity contribution in [2.45, 2.75) is 13.3 Å². The number of benzene rings is 1. The molecule has 1 aromatic heterocycles. The van der Waals surface area contributed by atoms with Crippen LogP contribution in [0.2, 0.25) is 0 Å². The van der Waals surface area contributed by atoms with Gasteiger partial charge in [-0.25, -0.2) is 0 Å². The average Bonchev–Trinajstić information content (AvgIpc) is 2.94. The van der Waals surface area contributed by atoms with Gasteiger partial charge < -0.3 is 10.6 Å². The number of carbonyl (C=O) groups is 1. The van der Waals surface area contributed by atoms with Gasteiger partial charge in [-0.2, -0.15) is 5.10 Å². The number of rotatable bonds is 1. The van der Waals surface area contributed by atoms with Crippen molar-refractivity contribution in [2.75, 3.05) is 17.2 Å². The van der Waals surface area contributed by atoms with Gasteiger partial charge in [0.05, 0.1) is 6.20 Å². The molecular weight excluding hydrogens is 240 g/mol. The van der Waals surface area contributed by atoms with Crippen molar-refractivity contribution in [3.05, 3.63) is 30.0 Å². The summed E-state index contributed by atoms with van der Waals surface area (Å²) in [5.41, 5.74) is 10.1. The lowest BCUT2D eigenvalue weighted by Gasteiger charge is -2.15. The number of aromatic nitrogens is 2. The molecule has 0 atom stereocenters. The van der Waals surface area contributed by atoms with Gasteiger partial charge in [0.25, 0.3) is 0 Å². The van der Waals surface area contributed by atoms with Crippen LogP contribution in [0.25, 0.3) is 11.1 Å². The Morgan fingerprint density at radius 3 is 2.84 bits per heavy atom. The lowest BCUT2D eigenvalue weighted by molar-refractivity contribution is -0.116. The normalized spacial score (nSPS) is 13.7. The van der Waals surface area contributed by atoms with Gasteiger partial charge in [-0.3, -0.25) is 9.48 Å². The minimum Gasteiger partial charge on any atom is -0.383 e. The number of fused-ring (bicyclic) bond motifs is 1. The van der Waals surface area contributed by atoms with E-state index >= 15 is 0 Å². The third-order valence-electron chi connectivity index (χ3n) is 3.66. The maximum absolute atomic E-state index is 11.6. The summed E-state index contributed by atoms with van der Waals surface area (Å²) >= 11 is 0. The minimum absolute atomic E-state index is 0.0788. The third kappa shape index (κ3) is 1.78. The topological polar surface area (TPSA) is 64.2 Å². The molecule has 1 amide bonds. The van der Waals surface area contributed by atoms with Crippen LogP contribution in [0, 0.1) is 0 Å². The number of nitrogen functional groups attached to an aromatic ring is 1. The van der Waals surface area contributed by atoms with Crippen LogP contribution in [0.15, 0.2) is 24.4 Å². The molecule has 0 saturated carbocycles. The molecule has 2 N–H and O–H groups in total. The van der Waals surface area contributed by atoms with Gasteiger partial charge in [-0.1, -0.05) is 12.1 Å². The highest BCUT2D eigenvalue weighted by atomic mass is 16.2. The molecule has 1 aliphatic heterocycles. The molecule has 0 fully saturated rings. The number of carbonyl (C=O) groups excluding carboxylic acids is 1. The molecule has 1 aromatic carbocycles. The number of aryl methyl sites for hydroxylation is 1. The number of anilines is 2. The third-order valence-corrected chi connectivity index (χ3v) is 3.66. The highest BCUT2D eigenvalue weighted by Gasteiger charge is 2.23. The average molecular weight is 256 g/mol. The van der Waals surface area contributed by atoms with Crippen molar-refractivity contribution in [1.29, 1.82) is 0 Å². The van der Waals surface area contributed by atoms with Crippen LogP contribution in [-0.4, -0.2) is 22.2 Å². The summed E-state index contributed by atoms with van der Waals surface area (Å²) in [5, 5.41) is 4.15. The first kappa shape index (κ1) is 11.8. The van der Waals surface area contributed by atoms with E-state index in [-0.39, 0.29) is 5.91 Å².